The molecule has 0 bridgehead atoms. The first-order valence-electron chi connectivity index (χ1n) is 20.1. The van der Waals surface area contributed by atoms with Crippen LogP contribution in [0.25, 0.3) is 72.4 Å². The lowest BCUT2D eigenvalue weighted by molar-refractivity contribution is 0.291. The van der Waals surface area contributed by atoms with Crippen molar-refractivity contribution in [3.05, 3.63) is 198 Å². The van der Waals surface area contributed by atoms with Crippen LogP contribution >= 0.6 is 0 Å². The van der Waals surface area contributed by atoms with E-state index in [9.17, 15) is 0 Å². The molecule has 0 saturated heterocycles. The molecule has 0 N–H and O–H groups in total. The summed E-state index contributed by atoms with van der Waals surface area (Å²) in [6, 6.07) is 61.6. The van der Waals surface area contributed by atoms with Gasteiger partial charge in [0.2, 0.25) is 0 Å². The lowest BCUT2D eigenvalue weighted by atomic mass is 9.74. The Morgan fingerprint density at radius 3 is 2.04 bits per heavy atom. The Bertz CT molecular complexity index is 2970. The van der Waals surface area contributed by atoms with Gasteiger partial charge in [-0.25, -0.2) is 0 Å². The summed E-state index contributed by atoms with van der Waals surface area (Å²) in [5.41, 5.74) is 16.0. The predicted molar refractivity (Wildman–Crippen MR) is 242 cm³/mol. The smallest absolute Gasteiger partial charge is 0.0639 e. The fourth-order valence-electron chi connectivity index (χ4n) is 8.89. The minimum Gasteiger partial charge on any atom is -0.310 e. The van der Waals surface area contributed by atoms with Gasteiger partial charge in [0.25, 0.3) is 0 Å². The second-order valence-corrected chi connectivity index (χ2v) is 16.4. The van der Waals surface area contributed by atoms with E-state index in [0.717, 1.165) is 12.0 Å². The first-order chi connectivity index (χ1) is 27.9. The Balaban J connectivity index is 1.08. The Kier molecular flexibility index (Phi) is 8.60. The van der Waals surface area contributed by atoms with Crippen LogP contribution in [0.5, 0.6) is 0 Å². The van der Waals surface area contributed by atoms with E-state index in [0.29, 0.717) is 12.5 Å². The number of nitrogens with zero attached hydrogens (tertiary/aromatic N) is 3. The molecule has 3 nitrogen and oxygen atoms in total. The summed E-state index contributed by atoms with van der Waals surface area (Å²) < 4.78 is 4.90. The molecule has 1 atom stereocenters. The number of allylic oxidation sites excluding steroid dienone is 1. The summed E-state index contributed by atoms with van der Waals surface area (Å²) in [4.78, 5) is 4.85. The molecule has 0 aliphatic heterocycles. The molecule has 276 valence electrons. The van der Waals surface area contributed by atoms with Crippen LogP contribution in [0.3, 0.4) is 0 Å². The quantitative estimate of drug-likeness (QED) is 0.145. The van der Waals surface area contributed by atoms with Crippen molar-refractivity contribution in [1.29, 1.82) is 0 Å². The lowest BCUT2D eigenvalue weighted by Gasteiger charge is -2.30. The average Bonchev–Trinajstić information content (AvgIpc) is 3.77. The summed E-state index contributed by atoms with van der Waals surface area (Å²) in [6.45, 7) is 7.74. The molecule has 0 radical (unpaired) electrons. The number of rotatable bonds is 7. The second kappa shape index (κ2) is 14.1. The third kappa shape index (κ3) is 6.20. The summed E-state index contributed by atoms with van der Waals surface area (Å²) in [5, 5.41) is 3.85. The molecule has 1 aliphatic carbocycles. The number of hydrogen-bond acceptors (Lipinski definition) is 1. The number of benzene rings is 7. The van der Waals surface area contributed by atoms with Gasteiger partial charge in [-0.15, -0.1) is 0 Å². The van der Waals surface area contributed by atoms with E-state index in [4.69, 9.17) is 4.99 Å². The van der Waals surface area contributed by atoms with Crippen molar-refractivity contribution in [3.63, 3.8) is 0 Å². The maximum Gasteiger partial charge on any atom is 0.0639 e. The zero-order valence-corrected chi connectivity index (χ0v) is 32.7. The molecule has 0 fully saturated rings. The van der Waals surface area contributed by atoms with Gasteiger partial charge in [-0.2, -0.15) is 0 Å². The van der Waals surface area contributed by atoms with Crippen LogP contribution in [0.1, 0.15) is 43.2 Å². The van der Waals surface area contributed by atoms with Crippen molar-refractivity contribution in [2.24, 2.45) is 16.3 Å². The molecule has 10 rings (SSSR count). The van der Waals surface area contributed by atoms with E-state index in [1.165, 1.54) is 83.2 Å². The van der Waals surface area contributed by atoms with Crippen LogP contribution < -0.4 is 0 Å². The number of fused-ring (bicyclic) bond motifs is 6. The minimum absolute atomic E-state index is 0.160. The van der Waals surface area contributed by atoms with Crippen LogP contribution in [0, 0.1) is 11.3 Å². The molecule has 0 saturated carbocycles. The van der Waals surface area contributed by atoms with Gasteiger partial charge < -0.3 is 9.13 Å². The molecular weight excluding hydrogens is 691 g/mol. The maximum absolute atomic E-state index is 4.85. The van der Waals surface area contributed by atoms with Crippen LogP contribution in [0.2, 0.25) is 0 Å². The van der Waals surface area contributed by atoms with Gasteiger partial charge in [0.15, 0.2) is 0 Å². The normalized spacial score (nSPS) is 14.3. The van der Waals surface area contributed by atoms with E-state index in [1.54, 1.807) is 0 Å². The van der Waals surface area contributed by atoms with E-state index >= 15 is 0 Å². The van der Waals surface area contributed by atoms with Crippen molar-refractivity contribution in [2.45, 2.75) is 33.7 Å². The van der Waals surface area contributed by atoms with Crippen LogP contribution in [-0.2, 0) is 13.0 Å². The third-order valence-corrected chi connectivity index (χ3v) is 11.9. The largest absolute Gasteiger partial charge is 0.310 e. The lowest BCUT2D eigenvalue weighted by Crippen LogP contribution is -2.22. The first-order valence-corrected chi connectivity index (χ1v) is 20.1. The Morgan fingerprint density at radius 1 is 0.579 bits per heavy atom. The van der Waals surface area contributed by atoms with Crippen molar-refractivity contribution in [1.82, 2.24) is 9.13 Å². The van der Waals surface area contributed by atoms with Crippen molar-refractivity contribution in [2.75, 3.05) is 0 Å². The van der Waals surface area contributed by atoms with Gasteiger partial charge in [0, 0.05) is 50.6 Å². The Morgan fingerprint density at radius 2 is 1.23 bits per heavy atom. The average molecular weight is 736 g/mol. The van der Waals surface area contributed by atoms with Gasteiger partial charge in [-0.1, -0.05) is 154 Å². The first kappa shape index (κ1) is 34.8. The summed E-state index contributed by atoms with van der Waals surface area (Å²) >= 11 is 0. The van der Waals surface area contributed by atoms with Crippen molar-refractivity contribution >= 4 is 45.0 Å². The second-order valence-electron chi connectivity index (χ2n) is 16.4. The predicted octanol–water partition coefficient (Wildman–Crippen LogP) is 13.9. The molecular formula is C54H45N3. The third-order valence-electron chi connectivity index (χ3n) is 11.9. The highest BCUT2D eigenvalue weighted by molar-refractivity contribution is 6.13. The molecule has 0 spiro atoms. The number of aliphatic imine (C=N–C) groups is 1. The molecule has 2 heterocycles. The topological polar surface area (TPSA) is 22.2 Å². The van der Waals surface area contributed by atoms with Gasteiger partial charge in [0.05, 0.1) is 23.1 Å². The Hall–Kier alpha value is -6.71. The molecule has 57 heavy (non-hydrogen) atoms. The van der Waals surface area contributed by atoms with Crippen LogP contribution in [0.15, 0.2) is 181 Å². The summed E-state index contributed by atoms with van der Waals surface area (Å²) in [5.74, 6) is 0.448. The fraction of sp³-hybridized carbons (Fsp3) is 0.130. The zero-order valence-electron chi connectivity index (χ0n) is 32.7. The minimum atomic E-state index is 0.160. The fourth-order valence-corrected chi connectivity index (χ4v) is 8.89. The highest BCUT2D eigenvalue weighted by Crippen LogP contribution is 2.43. The Labute approximate surface area is 334 Å². The standard InChI is InChI=1S/C54H45N3/c1-54(2,3)41-28-32-52-49(34-41)48-33-39(44-20-11-10-17-40(44)36-55-35-37-15-6-4-7-16-37)27-31-51(48)56(52)43-29-25-38(26-30-43)45-22-14-23-47-46-21-12-13-24-50(46)57(53(45)47)42-18-8-5-9-19-42/h4-33,36,41H,34-35H2,1-3H3. The summed E-state index contributed by atoms with van der Waals surface area (Å²) in [7, 11) is 0. The monoisotopic (exact) mass is 735 g/mol. The van der Waals surface area contributed by atoms with Gasteiger partial charge >= 0.3 is 0 Å². The molecule has 0 amide bonds. The van der Waals surface area contributed by atoms with Gasteiger partial charge in [0.1, 0.15) is 0 Å². The number of hydrogen-bond donors (Lipinski definition) is 0. The highest BCUT2D eigenvalue weighted by Gasteiger charge is 2.29. The van der Waals surface area contributed by atoms with Crippen molar-refractivity contribution in [3.8, 4) is 33.6 Å². The van der Waals surface area contributed by atoms with Gasteiger partial charge in [-0.05, 0) is 94.1 Å². The number of para-hydroxylation sites is 3. The van der Waals surface area contributed by atoms with E-state index in [2.05, 4.69) is 206 Å². The molecule has 7 aromatic carbocycles. The highest BCUT2D eigenvalue weighted by atomic mass is 15.0. The van der Waals surface area contributed by atoms with Crippen LogP contribution in [-0.4, -0.2) is 15.3 Å². The molecule has 1 aliphatic rings. The molecule has 2 aromatic heterocycles. The van der Waals surface area contributed by atoms with Crippen molar-refractivity contribution < 1.29 is 0 Å². The molecule has 3 heteroatoms. The van der Waals surface area contributed by atoms with Crippen LogP contribution in [0.4, 0.5) is 0 Å². The maximum atomic E-state index is 4.85. The zero-order chi connectivity index (χ0) is 38.5. The van der Waals surface area contributed by atoms with Gasteiger partial charge in [-0.3, -0.25) is 4.99 Å². The van der Waals surface area contributed by atoms with E-state index in [1.807, 2.05) is 12.3 Å². The summed E-state index contributed by atoms with van der Waals surface area (Å²) in [6.07, 6.45) is 7.86. The SMILES string of the molecule is CC(C)(C)C1C=Cc2c(c3cc(-c4ccccc4C=NCc4ccccc4)ccc3n2-c2ccc(-c3cccc4c5ccccc5n(-c5ccccc5)c34)cc2)C1. The van der Waals surface area contributed by atoms with E-state index in [-0.39, 0.29) is 5.41 Å². The molecule has 1 unspecified atom stereocenters. The molecule has 9 aromatic rings. The number of aromatic nitrogens is 2. The van der Waals surface area contributed by atoms with E-state index < -0.39 is 0 Å².